The Labute approximate surface area is 139 Å². The first kappa shape index (κ1) is 21.1. The zero-order valence-electron chi connectivity index (χ0n) is 14.5. The van der Waals surface area contributed by atoms with E-state index < -0.39 is 0 Å². The molecule has 132 valence electrons. The minimum Gasteiger partial charge on any atom is -0.370 e. The summed E-state index contributed by atoms with van der Waals surface area (Å²) in [5.41, 5.74) is 10.5. The van der Waals surface area contributed by atoms with Crippen molar-refractivity contribution in [2.24, 2.45) is 39.2 Å². The van der Waals surface area contributed by atoms with Gasteiger partial charge in [-0.3, -0.25) is 14.6 Å². The standard InChI is InChI=1S/C16H31N5O2/c1-5-12(7-6-8-20-16(17)18)15(23)21-10-13(9-11(2)3)14(22)19-4/h11-13H,4-10H2,1-3H3,(H,21,23)(H4,17,18,20). The molecule has 0 aromatic heterocycles. The van der Waals surface area contributed by atoms with E-state index in [4.69, 9.17) is 11.5 Å². The van der Waals surface area contributed by atoms with Crippen molar-refractivity contribution >= 4 is 24.5 Å². The highest BCUT2D eigenvalue weighted by molar-refractivity contribution is 5.84. The third-order valence-corrected chi connectivity index (χ3v) is 3.65. The van der Waals surface area contributed by atoms with Gasteiger partial charge in [0.1, 0.15) is 0 Å². The van der Waals surface area contributed by atoms with Crippen LogP contribution in [-0.4, -0.2) is 37.6 Å². The Hall–Kier alpha value is -1.92. The van der Waals surface area contributed by atoms with Gasteiger partial charge in [0.15, 0.2) is 5.96 Å². The number of carbonyl (C=O) groups is 2. The number of nitrogens with one attached hydrogen (secondary N) is 1. The van der Waals surface area contributed by atoms with Crippen LogP contribution >= 0.6 is 0 Å². The van der Waals surface area contributed by atoms with Crippen molar-refractivity contribution < 1.29 is 9.59 Å². The van der Waals surface area contributed by atoms with Crippen LogP contribution in [0.25, 0.3) is 0 Å². The predicted octanol–water partition coefficient (Wildman–Crippen LogP) is 1.07. The van der Waals surface area contributed by atoms with E-state index in [-0.39, 0.29) is 29.6 Å². The molecule has 0 saturated carbocycles. The van der Waals surface area contributed by atoms with Gasteiger partial charge in [0.2, 0.25) is 11.8 Å². The topological polar surface area (TPSA) is 123 Å². The normalized spacial score (nSPS) is 13.2. The van der Waals surface area contributed by atoms with Gasteiger partial charge in [0.05, 0.1) is 5.92 Å². The number of nitrogens with two attached hydrogens (primary N) is 2. The van der Waals surface area contributed by atoms with Crippen LogP contribution in [0.3, 0.4) is 0 Å². The van der Waals surface area contributed by atoms with Gasteiger partial charge < -0.3 is 16.8 Å². The Morgan fingerprint density at radius 3 is 2.35 bits per heavy atom. The number of hydrogen-bond donors (Lipinski definition) is 3. The molecule has 0 heterocycles. The summed E-state index contributed by atoms with van der Waals surface area (Å²) in [6.45, 7) is 10.1. The number of rotatable bonds is 11. The van der Waals surface area contributed by atoms with Crippen LogP contribution in [0.5, 0.6) is 0 Å². The van der Waals surface area contributed by atoms with E-state index in [2.05, 4.69) is 22.0 Å². The van der Waals surface area contributed by atoms with E-state index in [1.807, 2.05) is 20.8 Å². The highest BCUT2D eigenvalue weighted by atomic mass is 16.2. The molecule has 2 unspecified atom stereocenters. The van der Waals surface area contributed by atoms with Crippen molar-refractivity contribution in [2.45, 2.75) is 46.5 Å². The molecule has 0 rings (SSSR count). The zero-order valence-corrected chi connectivity index (χ0v) is 14.5. The Morgan fingerprint density at radius 2 is 1.87 bits per heavy atom. The van der Waals surface area contributed by atoms with Crippen molar-refractivity contribution in [1.29, 1.82) is 0 Å². The molecule has 23 heavy (non-hydrogen) atoms. The molecule has 0 aliphatic carbocycles. The van der Waals surface area contributed by atoms with Crippen LogP contribution in [0.2, 0.25) is 0 Å². The summed E-state index contributed by atoms with van der Waals surface area (Å²) in [5.74, 6) is -0.299. The predicted molar refractivity (Wildman–Crippen MR) is 94.2 cm³/mol. The van der Waals surface area contributed by atoms with Crippen LogP contribution in [0, 0.1) is 17.8 Å². The SMILES string of the molecule is C=NC(=O)C(CNC(=O)C(CC)CCCN=C(N)N)CC(C)C. The Balaban J connectivity index is 4.41. The molecule has 2 atom stereocenters. The van der Waals surface area contributed by atoms with Gasteiger partial charge in [0.25, 0.3) is 0 Å². The summed E-state index contributed by atoms with van der Waals surface area (Å²) in [7, 11) is 0. The van der Waals surface area contributed by atoms with Crippen molar-refractivity contribution in [3.05, 3.63) is 0 Å². The van der Waals surface area contributed by atoms with Gasteiger partial charge in [-0.2, -0.15) is 0 Å². The van der Waals surface area contributed by atoms with E-state index in [1.54, 1.807) is 0 Å². The van der Waals surface area contributed by atoms with Crippen molar-refractivity contribution in [2.75, 3.05) is 13.1 Å². The summed E-state index contributed by atoms with van der Waals surface area (Å²) in [5, 5.41) is 2.87. The number of amides is 2. The minimum atomic E-state index is -0.310. The molecule has 0 radical (unpaired) electrons. The lowest BCUT2D eigenvalue weighted by Gasteiger charge is -2.19. The van der Waals surface area contributed by atoms with Crippen LogP contribution < -0.4 is 16.8 Å². The third-order valence-electron chi connectivity index (χ3n) is 3.65. The van der Waals surface area contributed by atoms with Gasteiger partial charge in [-0.05, 0) is 38.3 Å². The lowest BCUT2D eigenvalue weighted by Crippen LogP contribution is -2.37. The quantitative estimate of drug-likeness (QED) is 0.299. The monoisotopic (exact) mass is 325 g/mol. The summed E-state index contributed by atoms with van der Waals surface area (Å²) in [4.78, 5) is 31.4. The molecule has 0 aliphatic heterocycles. The smallest absolute Gasteiger partial charge is 0.249 e. The third kappa shape index (κ3) is 9.65. The van der Waals surface area contributed by atoms with Gasteiger partial charge in [-0.15, -0.1) is 0 Å². The molecule has 2 amide bonds. The first-order chi connectivity index (χ1) is 10.8. The maximum atomic E-state index is 12.2. The van der Waals surface area contributed by atoms with Gasteiger partial charge >= 0.3 is 0 Å². The van der Waals surface area contributed by atoms with Crippen LogP contribution in [0.1, 0.15) is 46.5 Å². The second-order valence-electron chi connectivity index (χ2n) is 6.12. The Kier molecular flexibility index (Phi) is 10.7. The molecule has 7 nitrogen and oxygen atoms in total. The number of guanidine groups is 1. The first-order valence-corrected chi connectivity index (χ1v) is 8.15. The Bertz CT molecular complexity index is 417. The molecule has 0 spiro atoms. The highest BCUT2D eigenvalue weighted by Crippen LogP contribution is 2.15. The summed E-state index contributed by atoms with van der Waals surface area (Å²) < 4.78 is 0. The summed E-state index contributed by atoms with van der Waals surface area (Å²) in [6.07, 6.45) is 2.86. The molecule has 0 fully saturated rings. The van der Waals surface area contributed by atoms with Gasteiger partial charge in [-0.1, -0.05) is 20.8 Å². The number of hydrogen-bond acceptors (Lipinski definition) is 3. The van der Waals surface area contributed by atoms with E-state index in [0.717, 1.165) is 12.8 Å². The molecule has 0 bridgehead atoms. The van der Waals surface area contributed by atoms with Crippen LogP contribution in [0.4, 0.5) is 0 Å². The lowest BCUT2D eigenvalue weighted by atomic mass is 9.95. The molecule has 7 heteroatoms. The first-order valence-electron chi connectivity index (χ1n) is 8.15. The van der Waals surface area contributed by atoms with E-state index in [0.29, 0.717) is 31.8 Å². The molecule has 0 aromatic rings. The van der Waals surface area contributed by atoms with E-state index in [1.165, 1.54) is 0 Å². The zero-order chi connectivity index (χ0) is 17.8. The van der Waals surface area contributed by atoms with Crippen LogP contribution in [-0.2, 0) is 9.59 Å². The largest absolute Gasteiger partial charge is 0.370 e. The van der Waals surface area contributed by atoms with Gasteiger partial charge in [0, 0.05) is 19.0 Å². The van der Waals surface area contributed by atoms with E-state index in [9.17, 15) is 9.59 Å². The number of nitrogens with zero attached hydrogens (tertiary/aromatic N) is 2. The van der Waals surface area contributed by atoms with Crippen molar-refractivity contribution in [1.82, 2.24) is 5.32 Å². The number of carbonyl (C=O) groups excluding carboxylic acids is 2. The van der Waals surface area contributed by atoms with Crippen molar-refractivity contribution in [3.63, 3.8) is 0 Å². The second-order valence-corrected chi connectivity index (χ2v) is 6.12. The molecule has 0 saturated heterocycles. The number of aliphatic imine (C=N–C) groups is 2. The Morgan fingerprint density at radius 1 is 1.22 bits per heavy atom. The second kappa shape index (κ2) is 11.6. The van der Waals surface area contributed by atoms with E-state index >= 15 is 0 Å². The highest BCUT2D eigenvalue weighted by Gasteiger charge is 2.22. The fourth-order valence-corrected chi connectivity index (χ4v) is 2.40. The maximum absolute atomic E-state index is 12.2. The molecular weight excluding hydrogens is 294 g/mol. The summed E-state index contributed by atoms with van der Waals surface area (Å²) in [6, 6.07) is 0. The molecule has 5 N–H and O–H groups in total. The maximum Gasteiger partial charge on any atom is 0.249 e. The average Bonchev–Trinajstić information content (AvgIpc) is 2.49. The van der Waals surface area contributed by atoms with Crippen molar-refractivity contribution in [3.8, 4) is 0 Å². The van der Waals surface area contributed by atoms with Crippen LogP contribution in [0.15, 0.2) is 9.98 Å². The minimum absolute atomic E-state index is 0.0391. The van der Waals surface area contributed by atoms with Gasteiger partial charge in [-0.25, -0.2) is 4.99 Å². The fourth-order valence-electron chi connectivity index (χ4n) is 2.40. The fraction of sp³-hybridized carbons (Fsp3) is 0.750. The summed E-state index contributed by atoms with van der Waals surface area (Å²) >= 11 is 0. The molecular formula is C16H31N5O2. The average molecular weight is 325 g/mol. The lowest BCUT2D eigenvalue weighted by molar-refractivity contribution is -0.126. The molecule has 0 aliphatic rings. The molecule has 0 aromatic carbocycles.